The zero-order valence-corrected chi connectivity index (χ0v) is 15.9. The lowest BCUT2D eigenvalue weighted by Crippen LogP contribution is -2.22. The summed E-state index contributed by atoms with van der Waals surface area (Å²) >= 11 is 0. The van der Waals surface area contributed by atoms with Crippen LogP contribution in [0.5, 0.6) is 5.75 Å². The summed E-state index contributed by atoms with van der Waals surface area (Å²) in [6.07, 6.45) is 1.79. The monoisotopic (exact) mass is 429 g/mol. The highest BCUT2D eigenvalue weighted by molar-refractivity contribution is 5.91. The van der Waals surface area contributed by atoms with E-state index >= 15 is 0 Å². The molecule has 1 aromatic carbocycles. The van der Waals surface area contributed by atoms with Crippen LogP contribution in [0.25, 0.3) is 0 Å². The van der Waals surface area contributed by atoms with Gasteiger partial charge in [0.25, 0.3) is 5.91 Å². The zero-order chi connectivity index (χ0) is 22.0. The third-order valence-electron chi connectivity index (χ3n) is 4.23. The predicted molar refractivity (Wildman–Crippen MR) is 93.1 cm³/mol. The molecule has 160 valence electrons. The molecule has 2 aromatic heterocycles. The highest BCUT2D eigenvalue weighted by Crippen LogP contribution is 2.29. The van der Waals surface area contributed by atoms with Gasteiger partial charge in [-0.1, -0.05) is 0 Å². The second-order valence-corrected chi connectivity index (χ2v) is 6.23. The predicted octanol–water partition coefficient (Wildman–Crippen LogP) is 4.01. The number of hydrogen-bond donors (Lipinski definition) is 1. The molecule has 3 aromatic rings. The largest absolute Gasteiger partial charge is 0.479 e. The van der Waals surface area contributed by atoms with Crippen LogP contribution in [0.15, 0.2) is 22.7 Å². The Morgan fingerprint density at radius 1 is 1.10 bits per heavy atom. The molecule has 2 heterocycles. The maximum absolute atomic E-state index is 13.6. The molecule has 0 radical (unpaired) electrons. The number of aryl methyl sites for hydroxylation is 2. The summed E-state index contributed by atoms with van der Waals surface area (Å²) in [7, 11) is 0. The van der Waals surface area contributed by atoms with Crippen LogP contribution in [0, 0.1) is 36.0 Å². The molecule has 0 atom stereocenters. The van der Waals surface area contributed by atoms with E-state index in [-0.39, 0.29) is 18.1 Å². The Balaban J connectivity index is 1.64. The number of carbonyl (C=O) groups is 1. The van der Waals surface area contributed by atoms with Crippen LogP contribution in [0.2, 0.25) is 0 Å². The number of amides is 1. The molecule has 0 aliphatic heterocycles. The Morgan fingerprint density at radius 2 is 1.73 bits per heavy atom. The van der Waals surface area contributed by atoms with Crippen LogP contribution in [-0.4, -0.2) is 15.7 Å². The number of nitrogens with zero attached hydrogens (tertiary/aromatic N) is 2. The molecule has 1 N–H and O–H groups in total. The molecule has 3 rings (SSSR count). The standard InChI is InChI=1S/C19H16F5N3O3/c1-3-27-7-10(9(2)26-27)6-25-19(28)12-5-4-11(30-12)8-29-18-16(23)14(21)13(20)15(22)17(18)24/h4-5,7H,3,6,8H2,1-2H3,(H,25,28). The molecule has 0 spiro atoms. The molecular weight excluding hydrogens is 413 g/mol. The minimum Gasteiger partial charge on any atom is -0.479 e. The van der Waals surface area contributed by atoms with Gasteiger partial charge in [0.05, 0.1) is 5.69 Å². The van der Waals surface area contributed by atoms with Gasteiger partial charge < -0.3 is 14.5 Å². The molecule has 0 aliphatic rings. The Morgan fingerprint density at radius 3 is 2.33 bits per heavy atom. The summed E-state index contributed by atoms with van der Waals surface area (Å²) < 4.78 is 78.3. The highest BCUT2D eigenvalue weighted by Gasteiger charge is 2.27. The van der Waals surface area contributed by atoms with Crippen molar-refractivity contribution in [3.05, 3.63) is 70.2 Å². The van der Waals surface area contributed by atoms with Crippen molar-refractivity contribution in [3.63, 3.8) is 0 Å². The first-order valence-electron chi connectivity index (χ1n) is 8.77. The number of benzene rings is 1. The van der Waals surface area contributed by atoms with Gasteiger partial charge >= 0.3 is 0 Å². The first-order valence-corrected chi connectivity index (χ1v) is 8.77. The van der Waals surface area contributed by atoms with E-state index in [1.807, 2.05) is 6.92 Å². The molecule has 0 saturated heterocycles. The number of carbonyl (C=O) groups excluding carboxylic acids is 1. The van der Waals surface area contributed by atoms with Crippen molar-refractivity contribution >= 4 is 5.91 Å². The van der Waals surface area contributed by atoms with Gasteiger partial charge in [0, 0.05) is 24.8 Å². The maximum atomic E-state index is 13.6. The quantitative estimate of drug-likeness (QED) is 0.350. The Hall–Kier alpha value is -3.37. The van der Waals surface area contributed by atoms with Crippen molar-refractivity contribution < 1.29 is 35.9 Å². The molecule has 30 heavy (non-hydrogen) atoms. The van der Waals surface area contributed by atoms with Gasteiger partial charge in [-0.15, -0.1) is 0 Å². The fourth-order valence-corrected chi connectivity index (χ4v) is 2.59. The van der Waals surface area contributed by atoms with Crippen LogP contribution in [0.1, 0.15) is 34.5 Å². The average molecular weight is 429 g/mol. The summed E-state index contributed by atoms with van der Waals surface area (Å²) in [5.74, 6) is -12.9. The van der Waals surface area contributed by atoms with Crippen LogP contribution < -0.4 is 10.1 Å². The molecule has 0 bridgehead atoms. The van der Waals surface area contributed by atoms with Gasteiger partial charge in [0.2, 0.25) is 29.1 Å². The van der Waals surface area contributed by atoms with E-state index < -0.39 is 47.3 Å². The molecule has 11 heteroatoms. The highest BCUT2D eigenvalue weighted by atomic mass is 19.2. The van der Waals surface area contributed by atoms with Crippen LogP contribution in [0.3, 0.4) is 0 Å². The summed E-state index contributed by atoms with van der Waals surface area (Å²) in [6.45, 7) is 3.94. The molecular formula is C19H16F5N3O3. The van der Waals surface area contributed by atoms with E-state index in [0.29, 0.717) is 6.54 Å². The second kappa shape index (κ2) is 8.56. The molecule has 0 fully saturated rings. The SMILES string of the molecule is CCn1cc(CNC(=O)c2ccc(COc3c(F)c(F)c(F)c(F)c3F)o2)c(C)n1. The van der Waals surface area contributed by atoms with Crippen molar-refractivity contribution in [1.82, 2.24) is 15.1 Å². The van der Waals surface area contributed by atoms with Crippen molar-refractivity contribution in [2.75, 3.05) is 0 Å². The van der Waals surface area contributed by atoms with Crippen molar-refractivity contribution in [2.24, 2.45) is 0 Å². The van der Waals surface area contributed by atoms with E-state index in [2.05, 4.69) is 10.4 Å². The number of furan rings is 1. The second-order valence-electron chi connectivity index (χ2n) is 6.23. The van der Waals surface area contributed by atoms with E-state index in [9.17, 15) is 26.7 Å². The van der Waals surface area contributed by atoms with Crippen LogP contribution >= 0.6 is 0 Å². The van der Waals surface area contributed by atoms with E-state index in [1.165, 1.54) is 12.1 Å². The first-order chi connectivity index (χ1) is 14.2. The Bertz CT molecular complexity index is 1060. The van der Waals surface area contributed by atoms with Crippen molar-refractivity contribution in [1.29, 1.82) is 0 Å². The minimum absolute atomic E-state index is 0.0564. The third kappa shape index (κ3) is 4.14. The normalized spacial score (nSPS) is 11.0. The van der Waals surface area contributed by atoms with Crippen LogP contribution in [-0.2, 0) is 19.7 Å². The van der Waals surface area contributed by atoms with Gasteiger partial charge in [-0.2, -0.15) is 13.9 Å². The van der Waals surface area contributed by atoms with Gasteiger partial charge in [0.15, 0.2) is 11.5 Å². The minimum atomic E-state index is -2.28. The van der Waals surface area contributed by atoms with Gasteiger partial charge in [-0.25, -0.2) is 13.2 Å². The molecule has 1 amide bonds. The van der Waals surface area contributed by atoms with Gasteiger partial charge in [-0.3, -0.25) is 9.48 Å². The summed E-state index contributed by atoms with van der Waals surface area (Å²) in [5.41, 5.74) is 1.57. The Labute approximate surface area is 167 Å². The van der Waals surface area contributed by atoms with E-state index in [4.69, 9.17) is 9.15 Å². The van der Waals surface area contributed by atoms with Crippen molar-refractivity contribution in [2.45, 2.75) is 33.5 Å². The maximum Gasteiger partial charge on any atom is 0.287 e. The molecule has 0 aliphatic carbocycles. The molecule has 0 unspecified atom stereocenters. The lowest BCUT2D eigenvalue weighted by atomic mass is 10.2. The fraction of sp³-hybridized carbons (Fsp3) is 0.263. The molecule has 0 saturated carbocycles. The smallest absolute Gasteiger partial charge is 0.287 e. The number of aromatic nitrogens is 2. The topological polar surface area (TPSA) is 69.3 Å². The number of nitrogens with one attached hydrogen (secondary N) is 1. The lowest BCUT2D eigenvalue weighted by Gasteiger charge is -2.09. The summed E-state index contributed by atoms with van der Waals surface area (Å²) in [6, 6.07) is 2.57. The van der Waals surface area contributed by atoms with Gasteiger partial charge in [0.1, 0.15) is 12.4 Å². The summed E-state index contributed by atoms with van der Waals surface area (Å²) in [5, 5.41) is 6.89. The van der Waals surface area contributed by atoms with Gasteiger partial charge in [-0.05, 0) is 26.0 Å². The van der Waals surface area contributed by atoms with Crippen LogP contribution in [0.4, 0.5) is 22.0 Å². The Kier molecular flexibility index (Phi) is 6.09. The number of rotatable bonds is 7. The lowest BCUT2D eigenvalue weighted by molar-refractivity contribution is 0.0918. The average Bonchev–Trinajstić information content (AvgIpc) is 3.35. The third-order valence-corrected chi connectivity index (χ3v) is 4.23. The summed E-state index contributed by atoms with van der Waals surface area (Å²) in [4.78, 5) is 12.2. The number of ether oxygens (including phenoxy) is 1. The van der Waals surface area contributed by atoms with E-state index in [0.717, 1.165) is 11.3 Å². The van der Waals surface area contributed by atoms with Crippen molar-refractivity contribution in [3.8, 4) is 5.75 Å². The first kappa shape index (κ1) is 21.3. The fourth-order valence-electron chi connectivity index (χ4n) is 2.59. The van der Waals surface area contributed by atoms with E-state index in [1.54, 1.807) is 17.8 Å². The number of hydrogen-bond acceptors (Lipinski definition) is 4. The number of halogens is 5. The molecule has 6 nitrogen and oxygen atoms in total. The zero-order valence-electron chi connectivity index (χ0n) is 15.9.